The van der Waals surface area contributed by atoms with Gasteiger partial charge in [-0.15, -0.1) is 0 Å². The predicted octanol–water partition coefficient (Wildman–Crippen LogP) is 4.35. The van der Waals surface area contributed by atoms with Crippen molar-refractivity contribution in [3.05, 3.63) is 23.8 Å². The van der Waals surface area contributed by atoms with Gasteiger partial charge in [0.05, 0.1) is 0 Å². The largest absolute Gasteiger partial charge is 0.399 e. The van der Waals surface area contributed by atoms with E-state index < -0.39 is 0 Å². The summed E-state index contributed by atoms with van der Waals surface area (Å²) in [5.41, 5.74) is 9.01. The minimum atomic E-state index is 0.840. The minimum absolute atomic E-state index is 0.840. The van der Waals surface area contributed by atoms with Crippen molar-refractivity contribution in [2.24, 2.45) is 0 Å². The third kappa shape index (κ3) is 5.62. The van der Waals surface area contributed by atoms with E-state index in [9.17, 15) is 0 Å². The summed E-state index contributed by atoms with van der Waals surface area (Å²) in [6.45, 7) is 5.42. The first-order valence-corrected chi connectivity index (χ1v) is 6.84. The smallest absolute Gasteiger partial charge is 0.0371 e. The van der Waals surface area contributed by atoms with Gasteiger partial charge in [-0.3, -0.25) is 0 Å². The van der Waals surface area contributed by atoms with E-state index in [2.05, 4.69) is 25.2 Å². The zero-order valence-electron chi connectivity index (χ0n) is 11.3. The summed E-state index contributed by atoms with van der Waals surface area (Å²) in [6.07, 6.45) is 8.05. The van der Waals surface area contributed by atoms with Gasteiger partial charge in [-0.1, -0.05) is 39.0 Å². The molecule has 0 fully saturated rings. The second kappa shape index (κ2) is 7.99. The van der Waals surface area contributed by atoms with Crippen molar-refractivity contribution >= 4 is 11.4 Å². The van der Waals surface area contributed by atoms with Crippen molar-refractivity contribution in [1.82, 2.24) is 0 Å². The van der Waals surface area contributed by atoms with E-state index in [1.54, 1.807) is 0 Å². The Morgan fingerprint density at radius 1 is 1.06 bits per heavy atom. The molecule has 0 bridgehead atoms. The molecule has 0 aliphatic heterocycles. The van der Waals surface area contributed by atoms with Crippen LogP contribution in [0.15, 0.2) is 18.2 Å². The zero-order chi connectivity index (χ0) is 12.5. The lowest BCUT2D eigenvalue weighted by Crippen LogP contribution is -2.03. The SMILES string of the molecule is CCCCCCCCNc1ccc(N)cc1C. The first-order valence-electron chi connectivity index (χ1n) is 6.84. The molecular formula is C15H26N2. The Morgan fingerprint density at radius 2 is 1.76 bits per heavy atom. The Labute approximate surface area is 106 Å². The highest BCUT2D eigenvalue weighted by molar-refractivity contribution is 5.57. The summed E-state index contributed by atoms with van der Waals surface area (Å²) in [6, 6.07) is 6.04. The first-order chi connectivity index (χ1) is 8.24. The molecule has 17 heavy (non-hydrogen) atoms. The number of hydrogen-bond donors (Lipinski definition) is 2. The Morgan fingerprint density at radius 3 is 2.47 bits per heavy atom. The Balaban J connectivity index is 2.14. The molecule has 1 aromatic rings. The second-order valence-corrected chi connectivity index (χ2v) is 4.77. The molecule has 96 valence electrons. The van der Waals surface area contributed by atoms with Crippen LogP contribution in [0.4, 0.5) is 11.4 Å². The quantitative estimate of drug-likeness (QED) is 0.518. The van der Waals surface area contributed by atoms with Crippen molar-refractivity contribution in [1.29, 1.82) is 0 Å². The molecule has 1 rings (SSSR count). The van der Waals surface area contributed by atoms with Crippen LogP contribution in [0.3, 0.4) is 0 Å². The van der Waals surface area contributed by atoms with Gasteiger partial charge >= 0.3 is 0 Å². The fourth-order valence-corrected chi connectivity index (χ4v) is 2.01. The number of unbranched alkanes of at least 4 members (excludes halogenated alkanes) is 5. The molecule has 2 heteroatoms. The van der Waals surface area contributed by atoms with Crippen LogP contribution in [-0.4, -0.2) is 6.54 Å². The molecule has 0 radical (unpaired) electrons. The summed E-state index contributed by atoms with van der Waals surface area (Å²) in [5, 5.41) is 3.48. The molecule has 1 aromatic carbocycles. The molecule has 0 aliphatic carbocycles. The summed E-state index contributed by atoms with van der Waals surface area (Å²) < 4.78 is 0. The molecule has 0 saturated heterocycles. The number of nitrogen functional groups attached to an aromatic ring is 1. The van der Waals surface area contributed by atoms with E-state index in [4.69, 9.17) is 5.73 Å². The third-order valence-electron chi connectivity index (χ3n) is 3.10. The number of anilines is 2. The number of aryl methyl sites for hydroxylation is 1. The molecule has 0 amide bonds. The van der Waals surface area contributed by atoms with Gasteiger partial charge in [-0.2, -0.15) is 0 Å². The van der Waals surface area contributed by atoms with E-state index in [1.807, 2.05) is 12.1 Å². The topological polar surface area (TPSA) is 38.0 Å². The average Bonchev–Trinajstić information content (AvgIpc) is 2.30. The lowest BCUT2D eigenvalue weighted by Gasteiger charge is -2.09. The predicted molar refractivity (Wildman–Crippen MR) is 77.5 cm³/mol. The normalized spacial score (nSPS) is 10.5. The minimum Gasteiger partial charge on any atom is -0.399 e. The van der Waals surface area contributed by atoms with Gasteiger partial charge in [-0.25, -0.2) is 0 Å². The van der Waals surface area contributed by atoms with Crippen LogP contribution in [0.5, 0.6) is 0 Å². The van der Waals surface area contributed by atoms with Crippen LogP contribution in [0.1, 0.15) is 51.0 Å². The first kappa shape index (κ1) is 13.9. The van der Waals surface area contributed by atoms with E-state index >= 15 is 0 Å². The monoisotopic (exact) mass is 234 g/mol. The fourth-order valence-electron chi connectivity index (χ4n) is 2.01. The van der Waals surface area contributed by atoms with Crippen LogP contribution in [0, 0.1) is 6.92 Å². The van der Waals surface area contributed by atoms with E-state index in [0.717, 1.165) is 12.2 Å². The van der Waals surface area contributed by atoms with Gasteiger partial charge in [0.2, 0.25) is 0 Å². The molecule has 0 unspecified atom stereocenters. The molecule has 0 atom stereocenters. The molecule has 0 saturated carbocycles. The van der Waals surface area contributed by atoms with E-state index in [1.165, 1.54) is 49.8 Å². The highest BCUT2D eigenvalue weighted by Crippen LogP contribution is 2.17. The number of nitrogens with two attached hydrogens (primary N) is 1. The summed E-state index contributed by atoms with van der Waals surface area (Å²) in [7, 11) is 0. The zero-order valence-corrected chi connectivity index (χ0v) is 11.3. The van der Waals surface area contributed by atoms with Crippen molar-refractivity contribution in [3.63, 3.8) is 0 Å². The lowest BCUT2D eigenvalue weighted by molar-refractivity contribution is 0.617. The number of benzene rings is 1. The fraction of sp³-hybridized carbons (Fsp3) is 0.600. The average molecular weight is 234 g/mol. The van der Waals surface area contributed by atoms with Crippen molar-refractivity contribution in [2.75, 3.05) is 17.6 Å². The maximum atomic E-state index is 5.72. The Bertz CT molecular complexity index is 321. The summed E-state index contributed by atoms with van der Waals surface area (Å²) in [5.74, 6) is 0. The van der Waals surface area contributed by atoms with E-state index in [-0.39, 0.29) is 0 Å². The van der Waals surface area contributed by atoms with E-state index in [0.29, 0.717) is 0 Å². The second-order valence-electron chi connectivity index (χ2n) is 4.77. The molecule has 0 aromatic heterocycles. The van der Waals surface area contributed by atoms with Gasteiger partial charge in [0.15, 0.2) is 0 Å². The highest BCUT2D eigenvalue weighted by Gasteiger charge is 1.97. The highest BCUT2D eigenvalue weighted by atomic mass is 14.9. The summed E-state index contributed by atoms with van der Waals surface area (Å²) >= 11 is 0. The number of rotatable bonds is 8. The molecule has 3 N–H and O–H groups in total. The number of nitrogens with one attached hydrogen (secondary N) is 1. The van der Waals surface area contributed by atoms with Crippen LogP contribution in [-0.2, 0) is 0 Å². The van der Waals surface area contributed by atoms with Crippen molar-refractivity contribution in [3.8, 4) is 0 Å². The Hall–Kier alpha value is -1.18. The summed E-state index contributed by atoms with van der Waals surface area (Å²) in [4.78, 5) is 0. The van der Waals surface area contributed by atoms with Crippen molar-refractivity contribution < 1.29 is 0 Å². The van der Waals surface area contributed by atoms with Gasteiger partial charge in [0.1, 0.15) is 0 Å². The maximum absolute atomic E-state index is 5.72. The molecule has 0 heterocycles. The third-order valence-corrected chi connectivity index (χ3v) is 3.10. The van der Waals surface area contributed by atoms with Gasteiger partial charge in [0, 0.05) is 17.9 Å². The molecular weight excluding hydrogens is 208 g/mol. The Kier molecular flexibility index (Phi) is 6.53. The van der Waals surface area contributed by atoms with Gasteiger partial charge in [-0.05, 0) is 37.1 Å². The van der Waals surface area contributed by atoms with Crippen LogP contribution < -0.4 is 11.1 Å². The number of hydrogen-bond acceptors (Lipinski definition) is 2. The standard InChI is InChI=1S/C15H26N2/c1-3-4-5-6-7-8-11-17-15-10-9-14(16)12-13(15)2/h9-10,12,17H,3-8,11,16H2,1-2H3. The molecule has 0 aliphatic rings. The molecule has 2 nitrogen and oxygen atoms in total. The van der Waals surface area contributed by atoms with Crippen LogP contribution in [0.25, 0.3) is 0 Å². The van der Waals surface area contributed by atoms with Crippen molar-refractivity contribution in [2.45, 2.75) is 52.4 Å². The van der Waals surface area contributed by atoms with Gasteiger partial charge < -0.3 is 11.1 Å². The van der Waals surface area contributed by atoms with Crippen LogP contribution in [0.2, 0.25) is 0 Å². The molecule has 0 spiro atoms. The maximum Gasteiger partial charge on any atom is 0.0371 e. The lowest BCUT2D eigenvalue weighted by atomic mass is 10.1. The van der Waals surface area contributed by atoms with Crippen LogP contribution >= 0.6 is 0 Å². The van der Waals surface area contributed by atoms with Gasteiger partial charge in [0.25, 0.3) is 0 Å².